The van der Waals surface area contributed by atoms with Gasteiger partial charge < -0.3 is 19.8 Å². The standard InChI is InChI=1S/C22H21ClN2O4/c1-15-14-16(23)6-11-19(15)28-13-3-5-21(26)24-17-7-9-18(10-8-17)25-22(27)20-4-2-12-29-20/h2,4,6-12,14H,3,5,13H2,1H3,(H,24,26)(H,25,27). The molecule has 3 aromatic rings. The van der Waals surface area contributed by atoms with Gasteiger partial charge in [-0.15, -0.1) is 0 Å². The first-order valence-electron chi connectivity index (χ1n) is 9.15. The molecular weight excluding hydrogens is 392 g/mol. The summed E-state index contributed by atoms with van der Waals surface area (Å²) in [6, 6.07) is 15.5. The number of nitrogens with one attached hydrogen (secondary N) is 2. The van der Waals surface area contributed by atoms with Crippen LogP contribution in [-0.4, -0.2) is 18.4 Å². The molecule has 7 heteroatoms. The van der Waals surface area contributed by atoms with Crippen molar-refractivity contribution in [3.8, 4) is 5.75 Å². The SMILES string of the molecule is Cc1cc(Cl)ccc1OCCCC(=O)Nc1ccc(NC(=O)c2ccco2)cc1. The lowest BCUT2D eigenvalue weighted by Gasteiger charge is -2.10. The number of carbonyl (C=O) groups excluding carboxylic acids is 2. The molecule has 29 heavy (non-hydrogen) atoms. The van der Waals surface area contributed by atoms with Gasteiger partial charge >= 0.3 is 0 Å². The summed E-state index contributed by atoms with van der Waals surface area (Å²) in [5.41, 5.74) is 2.22. The average Bonchev–Trinajstić information content (AvgIpc) is 3.23. The molecule has 0 atom stereocenters. The van der Waals surface area contributed by atoms with Crippen molar-refractivity contribution in [3.05, 3.63) is 77.2 Å². The number of halogens is 1. The van der Waals surface area contributed by atoms with Gasteiger partial charge in [-0.05, 0) is 73.5 Å². The van der Waals surface area contributed by atoms with Gasteiger partial charge in [0, 0.05) is 22.8 Å². The van der Waals surface area contributed by atoms with Crippen molar-refractivity contribution in [2.24, 2.45) is 0 Å². The Bertz CT molecular complexity index is 969. The molecule has 0 unspecified atom stereocenters. The van der Waals surface area contributed by atoms with Crippen molar-refractivity contribution in [2.45, 2.75) is 19.8 Å². The Kier molecular flexibility index (Phi) is 6.92. The molecule has 0 fully saturated rings. The lowest BCUT2D eigenvalue weighted by atomic mass is 10.2. The van der Waals surface area contributed by atoms with Gasteiger partial charge in [-0.3, -0.25) is 9.59 Å². The van der Waals surface area contributed by atoms with Crippen LogP contribution < -0.4 is 15.4 Å². The molecule has 2 aromatic carbocycles. The minimum atomic E-state index is -0.331. The molecule has 2 N–H and O–H groups in total. The predicted octanol–water partition coefficient (Wildman–Crippen LogP) is 5.29. The van der Waals surface area contributed by atoms with Crippen LogP contribution in [0.3, 0.4) is 0 Å². The topological polar surface area (TPSA) is 80.6 Å². The Morgan fingerprint density at radius 1 is 1.03 bits per heavy atom. The summed E-state index contributed by atoms with van der Waals surface area (Å²) in [7, 11) is 0. The van der Waals surface area contributed by atoms with Crippen molar-refractivity contribution in [1.82, 2.24) is 0 Å². The van der Waals surface area contributed by atoms with Crippen LogP contribution in [0.15, 0.2) is 65.3 Å². The number of amides is 2. The molecular formula is C22H21ClN2O4. The number of rotatable bonds is 8. The van der Waals surface area contributed by atoms with Crippen LogP contribution in [0.2, 0.25) is 5.02 Å². The third kappa shape index (κ3) is 6.12. The molecule has 0 aliphatic heterocycles. The fraction of sp³-hybridized carbons (Fsp3) is 0.182. The Morgan fingerprint density at radius 3 is 2.41 bits per heavy atom. The molecule has 3 rings (SSSR count). The van der Waals surface area contributed by atoms with Crippen molar-refractivity contribution in [2.75, 3.05) is 17.2 Å². The van der Waals surface area contributed by atoms with Crippen molar-refractivity contribution >= 4 is 34.8 Å². The molecule has 2 amide bonds. The van der Waals surface area contributed by atoms with Crippen LogP contribution in [0.25, 0.3) is 0 Å². The molecule has 0 aliphatic rings. The van der Waals surface area contributed by atoms with Crippen LogP contribution in [0.4, 0.5) is 11.4 Å². The van der Waals surface area contributed by atoms with E-state index in [0.717, 1.165) is 11.3 Å². The molecule has 0 radical (unpaired) electrons. The fourth-order valence-electron chi connectivity index (χ4n) is 2.65. The minimum absolute atomic E-state index is 0.103. The van der Waals surface area contributed by atoms with E-state index in [1.807, 2.05) is 19.1 Å². The Labute approximate surface area is 173 Å². The minimum Gasteiger partial charge on any atom is -0.493 e. The summed E-state index contributed by atoms with van der Waals surface area (Å²) >= 11 is 5.92. The summed E-state index contributed by atoms with van der Waals surface area (Å²) in [5.74, 6) is 0.567. The first-order valence-corrected chi connectivity index (χ1v) is 9.53. The number of furan rings is 1. The third-order valence-corrected chi connectivity index (χ3v) is 4.35. The Hall–Kier alpha value is -3.25. The zero-order chi connectivity index (χ0) is 20.6. The quantitative estimate of drug-likeness (QED) is 0.492. The van der Waals surface area contributed by atoms with Gasteiger partial charge in [0.1, 0.15) is 5.75 Å². The highest BCUT2D eigenvalue weighted by atomic mass is 35.5. The van der Waals surface area contributed by atoms with Crippen molar-refractivity contribution < 1.29 is 18.7 Å². The summed E-state index contributed by atoms with van der Waals surface area (Å²) < 4.78 is 10.7. The first kappa shape index (κ1) is 20.5. The lowest BCUT2D eigenvalue weighted by molar-refractivity contribution is -0.116. The van der Waals surface area contributed by atoms with Gasteiger partial charge in [0.05, 0.1) is 12.9 Å². The number of ether oxygens (including phenoxy) is 1. The molecule has 0 saturated carbocycles. The van der Waals surface area contributed by atoms with E-state index in [4.69, 9.17) is 20.8 Å². The maximum Gasteiger partial charge on any atom is 0.291 e. The number of hydrogen-bond donors (Lipinski definition) is 2. The molecule has 1 aromatic heterocycles. The van der Waals surface area contributed by atoms with E-state index in [0.29, 0.717) is 35.8 Å². The van der Waals surface area contributed by atoms with Gasteiger partial charge in [-0.1, -0.05) is 11.6 Å². The molecule has 0 aliphatic carbocycles. The number of hydrogen-bond acceptors (Lipinski definition) is 4. The lowest BCUT2D eigenvalue weighted by Crippen LogP contribution is -2.13. The van der Waals surface area contributed by atoms with E-state index in [9.17, 15) is 9.59 Å². The monoisotopic (exact) mass is 412 g/mol. The number of carbonyl (C=O) groups is 2. The summed E-state index contributed by atoms with van der Waals surface area (Å²) in [4.78, 5) is 24.0. The molecule has 0 saturated heterocycles. The Balaban J connectivity index is 1.40. The molecule has 6 nitrogen and oxygen atoms in total. The van der Waals surface area contributed by atoms with Crippen molar-refractivity contribution in [3.63, 3.8) is 0 Å². The van der Waals surface area contributed by atoms with Gasteiger partial charge in [0.25, 0.3) is 5.91 Å². The second kappa shape index (κ2) is 9.80. The van der Waals surface area contributed by atoms with Crippen LogP contribution in [0, 0.1) is 6.92 Å². The molecule has 1 heterocycles. The summed E-state index contributed by atoms with van der Waals surface area (Å²) in [5, 5.41) is 6.21. The molecule has 0 spiro atoms. The second-order valence-corrected chi connectivity index (χ2v) is 6.86. The van der Waals surface area contributed by atoms with Gasteiger partial charge in [-0.2, -0.15) is 0 Å². The van der Waals surface area contributed by atoms with E-state index in [1.54, 1.807) is 42.5 Å². The molecule has 150 valence electrons. The summed E-state index contributed by atoms with van der Waals surface area (Å²) in [6.45, 7) is 2.36. The molecule has 0 bridgehead atoms. The van der Waals surface area contributed by atoms with Crippen LogP contribution in [0.5, 0.6) is 5.75 Å². The van der Waals surface area contributed by atoms with Crippen LogP contribution in [-0.2, 0) is 4.79 Å². The number of anilines is 2. The van der Waals surface area contributed by atoms with E-state index < -0.39 is 0 Å². The van der Waals surface area contributed by atoms with Gasteiger partial charge in [-0.25, -0.2) is 0 Å². The number of benzene rings is 2. The summed E-state index contributed by atoms with van der Waals surface area (Å²) in [6.07, 6.45) is 2.37. The largest absolute Gasteiger partial charge is 0.493 e. The fourth-order valence-corrected chi connectivity index (χ4v) is 2.88. The van der Waals surface area contributed by atoms with E-state index in [-0.39, 0.29) is 17.6 Å². The van der Waals surface area contributed by atoms with E-state index >= 15 is 0 Å². The predicted molar refractivity (Wildman–Crippen MR) is 113 cm³/mol. The highest BCUT2D eigenvalue weighted by Gasteiger charge is 2.09. The van der Waals surface area contributed by atoms with Gasteiger partial charge in [0.15, 0.2) is 5.76 Å². The highest BCUT2D eigenvalue weighted by Crippen LogP contribution is 2.22. The number of aryl methyl sites for hydroxylation is 1. The van der Waals surface area contributed by atoms with Gasteiger partial charge in [0.2, 0.25) is 5.91 Å². The normalized spacial score (nSPS) is 10.4. The van der Waals surface area contributed by atoms with Crippen LogP contribution >= 0.6 is 11.6 Å². The zero-order valence-electron chi connectivity index (χ0n) is 15.9. The smallest absolute Gasteiger partial charge is 0.291 e. The first-order chi connectivity index (χ1) is 14.0. The third-order valence-electron chi connectivity index (χ3n) is 4.11. The van der Waals surface area contributed by atoms with E-state index in [2.05, 4.69) is 10.6 Å². The van der Waals surface area contributed by atoms with Crippen LogP contribution in [0.1, 0.15) is 29.0 Å². The average molecular weight is 413 g/mol. The highest BCUT2D eigenvalue weighted by molar-refractivity contribution is 6.30. The maximum atomic E-state index is 12.1. The Morgan fingerprint density at radius 2 is 1.76 bits per heavy atom. The maximum absolute atomic E-state index is 12.1. The van der Waals surface area contributed by atoms with Crippen molar-refractivity contribution in [1.29, 1.82) is 0 Å². The zero-order valence-corrected chi connectivity index (χ0v) is 16.7. The van der Waals surface area contributed by atoms with E-state index in [1.165, 1.54) is 6.26 Å². The second-order valence-electron chi connectivity index (χ2n) is 6.42.